The van der Waals surface area contributed by atoms with Crippen LogP contribution in [0.2, 0.25) is 0 Å². The Bertz CT molecular complexity index is 210. The van der Waals surface area contributed by atoms with E-state index in [4.69, 9.17) is 9.47 Å². The number of rotatable bonds is 6. The number of thioether (sulfide) groups is 1. The number of carbonyl (C=O) groups excluding carboxylic acids is 1. The van der Waals surface area contributed by atoms with Crippen LogP contribution in [0.1, 0.15) is 19.8 Å². The maximum atomic E-state index is 10.9. The van der Waals surface area contributed by atoms with Gasteiger partial charge < -0.3 is 9.47 Å². The molecule has 0 radical (unpaired) electrons. The van der Waals surface area contributed by atoms with Gasteiger partial charge >= 0.3 is 5.97 Å². The van der Waals surface area contributed by atoms with E-state index in [0.717, 1.165) is 18.1 Å². The number of ether oxygens (including phenoxy) is 2. The first-order valence-corrected chi connectivity index (χ1v) is 6.51. The summed E-state index contributed by atoms with van der Waals surface area (Å²) in [5.74, 6) is 1.61. The van der Waals surface area contributed by atoms with E-state index in [-0.39, 0.29) is 5.97 Å². The summed E-state index contributed by atoms with van der Waals surface area (Å²) in [5.41, 5.74) is 0. The Morgan fingerprint density at radius 2 is 2.53 bits per heavy atom. The first-order valence-electron chi connectivity index (χ1n) is 5.35. The van der Waals surface area contributed by atoms with Gasteiger partial charge in [-0.3, -0.25) is 0 Å². The predicted molar refractivity (Wildman–Crippen MR) is 62.1 cm³/mol. The fourth-order valence-electron chi connectivity index (χ4n) is 1.38. The lowest BCUT2D eigenvalue weighted by Gasteiger charge is -2.06. The lowest BCUT2D eigenvalue weighted by molar-refractivity contribution is -0.137. The Morgan fingerprint density at radius 3 is 3.20 bits per heavy atom. The van der Waals surface area contributed by atoms with Gasteiger partial charge in [0.1, 0.15) is 0 Å². The molecule has 0 bridgehead atoms. The molecule has 0 aromatic heterocycles. The third-order valence-corrected chi connectivity index (χ3v) is 3.12. The number of hydrogen-bond acceptors (Lipinski definition) is 4. The van der Waals surface area contributed by atoms with Gasteiger partial charge in [0.2, 0.25) is 0 Å². The maximum Gasteiger partial charge on any atom is 0.330 e. The van der Waals surface area contributed by atoms with Crippen LogP contribution < -0.4 is 0 Å². The molecule has 86 valence electrons. The van der Waals surface area contributed by atoms with Crippen molar-refractivity contribution >= 4 is 17.7 Å². The van der Waals surface area contributed by atoms with E-state index in [1.165, 1.54) is 18.9 Å². The molecule has 0 saturated carbocycles. The smallest absolute Gasteiger partial charge is 0.330 e. The van der Waals surface area contributed by atoms with Gasteiger partial charge in [-0.2, -0.15) is 11.8 Å². The molecule has 1 fully saturated rings. The van der Waals surface area contributed by atoms with Crippen LogP contribution in [0.25, 0.3) is 0 Å². The van der Waals surface area contributed by atoms with Crippen LogP contribution in [0.15, 0.2) is 12.2 Å². The van der Waals surface area contributed by atoms with E-state index in [9.17, 15) is 4.79 Å². The number of hydrogen-bond donors (Lipinski definition) is 0. The normalized spacial score (nSPS) is 21.0. The summed E-state index contributed by atoms with van der Waals surface area (Å²) in [4.78, 5) is 10.9. The van der Waals surface area contributed by atoms with Crippen molar-refractivity contribution in [3.05, 3.63) is 12.2 Å². The monoisotopic (exact) mass is 230 g/mol. The Labute approximate surface area is 95.2 Å². The highest BCUT2D eigenvalue weighted by molar-refractivity contribution is 7.99. The topological polar surface area (TPSA) is 35.5 Å². The predicted octanol–water partition coefficient (Wildman–Crippen LogP) is 2.02. The zero-order valence-electron chi connectivity index (χ0n) is 9.11. The van der Waals surface area contributed by atoms with E-state index in [2.05, 4.69) is 0 Å². The molecule has 1 aliphatic heterocycles. The average Bonchev–Trinajstić information content (AvgIpc) is 2.70. The fourth-order valence-corrected chi connectivity index (χ4v) is 2.27. The molecule has 0 aromatic rings. The van der Waals surface area contributed by atoms with Gasteiger partial charge in [-0.05, 0) is 19.8 Å². The highest BCUT2D eigenvalue weighted by atomic mass is 32.2. The molecule has 1 unspecified atom stereocenters. The average molecular weight is 230 g/mol. The largest absolute Gasteiger partial charge is 0.463 e. The van der Waals surface area contributed by atoms with E-state index >= 15 is 0 Å². The summed E-state index contributed by atoms with van der Waals surface area (Å²) in [6.07, 6.45) is 6.12. The van der Waals surface area contributed by atoms with Crippen LogP contribution in [0.5, 0.6) is 0 Å². The molecule has 1 heterocycles. The molecule has 4 heteroatoms. The van der Waals surface area contributed by atoms with Gasteiger partial charge in [-0.1, -0.05) is 6.08 Å². The Balaban J connectivity index is 1.97. The van der Waals surface area contributed by atoms with Crippen LogP contribution in [0.4, 0.5) is 0 Å². The van der Waals surface area contributed by atoms with Crippen molar-refractivity contribution in [1.29, 1.82) is 0 Å². The van der Waals surface area contributed by atoms with Crippen LogP contribution in [-0.2, 0) is 14.3 Å². The molecule has 1 saturated heterocycles. The second-order valence-corrected chi connectivity index (χ2v) is 4.40. The lowest BCUT2D eigenvalue weighted by Crippen LogP contribution is -2.08. The molecule has 0 aromatic carbocycles. The minimum Gasteiger partial charge on any atom is -0.463 e. The maximum absolute atomic E-state index is 10.9. The van der Waals surface area contributed by atoms with Crippen molar-refractivity contribution in [2.45, 2.75) is 25.9 Å². The Hall–Kier alpha value is -0.480. The van der Waals surface area contributed by atoms with Crippen molar-refractivity contribution in [3.8, 4) is 0 Å². The fraction of sp³-hybridized carbons (Fsp3) is 0.727. The summed E-state index contributed by atoms with van der Waals surface area (Å²) in [6, 6.07) is 0. The second kappa shape index (κ2) is 7.77. The minimum atomic E-state index is -0.254. The van der Waals surface area contributed by atoms with Crippen LogP contribution in [-0.4, -0.2) is 36.8 Å². The summed E-state index contributed by atoms with van der Waals surface area (Å²) in [6.45, 7) is 3.15. The van der Waals surface area contributed by atoms with Crippen molar-refractivity contribution in [1.82, 2.24) is 0 Å². The zero-order chi connectivity index (χ0) is 10.9. The molecule has 1 rings (SSSR count). The second-order valence-electron chi connectivity index (χ2n) is 3.33. The van der Waals surface area contributed by atoms with Crippen molar-refractivity contribution in [3.63, 3.8) is 0 Å². The third kappa shape index (κ3) is 5.85. The van der Waals surface area contributed by atoms with Crippen LogP contribution in [0.3, 0.4) is 0 Å². The molecular formula is C11H18O3S. The van der Waals surface area contributed by atoms with E-state index in [0.29, 0.717) is 12.7 Å². The molecule has 3 nitrogen and oxygen atoms in total. The van der Waals surface area contributed by atoms with Gasteiger partial charge in [-0.25, -0.2) is 4.79 Å². The zero-order valence-corrected chi connectivity index (χ0v) is 9.92. The Morgan fingerprint density at radius 1 is 1.67 bits per heavy atom. The van der Waals surface area contributed by atoms with Gasteiger partial charge in [0.05, 0.1) is 12.7 Å². The summed E-state index contributed by atoms with van der Waals surface area (Å²) in [7, 11) is 0. The summed E-state index contributed by atoms with van der Waals surface area (Å²) in [5, 5.41) is 0. The third-order valence-electron chi connectivity index (χ3n) is 2.08. The summed E-state index contributed by atoms with van der Waals surface area (Å²) >= 11 is 1.79. The van der Waals surface area contributed by atoms with E-state index < -0.39 is 0 Å². The van der Waals surface area contributed by atoms with Crippen LogP contribution in [0, 0.1) is 0 Å². The number of carbonyl (C=O) groups is 1. The highest BCUT2D eigenvalue weighted by Gasteiger charge is 2.14. The molecule has 0 amide bonds. The minimum absolute atomic E-state index is 0.254. The molecule has 1 atom stereocenters. The number of esters is 1. The van der Waals surface area contributed by atoms with Gasteiger partial charge in [0, 0.05) is 24.2 Å². The highest BCUT2D eigenvalue weighted by Crippen LogP contribution is 2.16. The van der Waals surface area contributed by atoms with Crippen molar-refractivity contribution in [2.24, 2.45) is 0 Å². The first-order chi connectivity index (χ1) is 7.33. The van der Waals surface area contributed by atoms with Gasteiger partial charge in [0.25, 0.3) is 0 Å². The molecular weight excluding hydrogens is 212 g/mol. The summed E-state index contributed by atoms with van der Waals surface area (Å²) < 4.78 is 10.2. The molecule has 0 aliphatic carbocycles. The molecule has 0 N–H and O–H groups in total. The quantitative estimate of drug-likeness (QED) is 0.397. The molecule has 15 heavy (non-hydrogen) atoms. The Kier molecular flexibility index (Phi) is 6.52. The van der Waals surface area contributed by atoms with E-state index in [1.54, 1.807) is 18.7 Å². The van der Waals surface area contributed by atoms with Crippen molar-refractivity contribution < 1.29 is 14.3 Å². The van der Waals surface area contributed by atoms with E-state index in [1.807, 2.05) is 6.08 Å². The molecule has 1 aliphatic rings. The lowest BCUT2D eigenvalue weighted by atomic mass is 10.3. The van der Waals surface area contributed by atoms with Gasteiger partial charge in [-0.15, -0.1) is 0 Å². The first kappa shape index (κ1) is 12.6. The standard InChI is InChI=1S/C11H18O3S/c1-2-13-11(12)6-4-8-15-9-10-5-3-7-14-10/h4,6,10H,2-3,5,7-9H2,1H3/b6-4+. The molecule has 0 spiro atoms. The van der Waals surface area contributed by atoms with Crippen molar-refractivity contribution in [2.75, 3.05) is 24.7 Å². The SMILES string of the molecule is CCOC(=O)/C=C/CSCC1CCCO1. The van der Waals surface area contributed by atoms with Crippen LogP contribution >= 0.6 is 11.8 Å². The van der Waals surface area contributed by atoms with Gasteiger partial charge in [0.15, 0.2) is 0 Å².